The van der Waals surface area contributed by atoms with Crippen LogP contribution >= 0.6 is 45.3 Å². The normalized spacial score (nSPS) is 12.1. The lowest BCUT2D eigenvalue weighted by molar-refractivity contribution is -0.385. The molecule has 7 atom stereocenters. The highest BCUT2D eigenvalue weighted by atomic mass is 32.1. The van der Waals surface area contributed by atoms with Crippen LogP contribution in [-0.4, -0.2) is 117 Å². The van der Waals surface area contributed by atoms with E-state index in [4.69, 9.17) is 25.7 Å². The molecule has 0 radical (unpaired) electrons. The minimum absolute atomic E-state index is 0.00273. The molecule has 36 heteroatoms. The van der Waals surface area contributed by atoms with Crippen molar-refractivity contribution in [2.75, 3.05) is 34.1 Å². The Kier molecular flexibility index (Phi) is 43.4. The van der Waals surface area contributed by atoms with Gasteiger partial charge in [-0.3, -0.25) is 56.0 Å². The molecule has 124 heavy (non-hydrogen) atoms. The molecule has 11 aromatic rings. The first-order valence-electron chi connectivity index (χ1n) is 39.8. The molecule has 0 aliphatic rings. The van der Waals surface area contributed by atoms with Gasteiger partial charge in [0.1, 0.15) is 38.2 Å². The van der Waals surface area contributed by atoms with Gasteiger partial charge in [-0.1, -0.05) is 181 Å². The number of nitrogens with two attached hydrogens (primary N) is 3. The first-order valence-corrected chi connectivity index (χ1v) is 43.3. The molecule has 6 amide bonds. The van der Waals surface area contributed by atoms with Crippen LogP contribution < -0.4 is 54.6 Å². The number of nitro benzene ring substituents is 3. The molecule has 32 nitrogen and oxygen atoms in total. The summed E-state index contributed by atoms with van der Waals surface area (Å²) in [5.41, 5.74) is 25.1. The van der Waals surface area contributed by atoms with Crippen LogP contribution in [0, 0.1) is 30.3 Å². The zero-order chi connectivity index (χ0) is 90.5. The number of nitrogen functional groups attached to an aromatic ring is 1. The number of rotatable bonds is 34. The van der Waals surface area contributed by atoms with Crippen molar-refractivity contribution in [3.8, 4) is 0 Å². The van der Waals surface area contributed by atoms with E-state index in [0.717, 1.165) is 107 Å². The van der Waals surface area contributed by atoms with Crippen molar-refractivity contribution >= 4 is 104 Å². The molecule has 4 heterocycles. The summed E-state index contributed by atoms with van der Waals surface area (Å²) in [5.74, 6) is 3.54. The average Bonchev–Trinajstić information content (AvgIpc) is 1.61. The number of non-ortho nitro benzene ring substituents is 3. The molecule has 658 valence electrons. The Hall–Kier alpha value is -12.8. The summed E-state index contributed by atoms with van der Waals surface area (Å²) < 4.78 is 14.1. The molecule has 0 aliphatic heterocycles. The van der Waals surface area contributed by atoms with Crippen LogP contribution in [0.1, 0.15) is 147 Å². The Morgan fingerprint density at radius 3 is 0.823 bits per heavy atom. The highest BCUT2D eigenvalue weighted by Crippen LogP contribution is 2.29. The second-order valence-electron chi connectivity index (χ2n) is 27.2. The number of methoxy groups -OCH3 is 3. The van der Waals surface area contributed by atoms with Gasteiger partial charge in [0, 0.05) is 82.9 Å². The number of alkyl carbamates (subject to hydrolysis) is 3. The van der Waals surface area contributed by atoms with Gasteiger partial charge in [0.15, 0.2) is 0 Å². The van der Waals surface area contributed by atoms with Gasteiger partial charge in [-0.25, -0.2) is 34.3 Å². The van der Waals surface area contributed by atoms with E-state index in [-0.39, 0.29) is 59.7 Å². The van der Waals surface area contributed by atoms with Crippen molar-refractivity contribution in [1.29, 1.82) is 0 Å². The summed E-state index contributed by atoms with van der Waals surface area (Å²) in [5, 5.41) is 60.6. The third-order valence-electron chi connectivity index (χ3n) is 18.3. The number of anilines is 1. The maximum Gasteiger partial charge on any atom is 0.407 e. The van der Waals surface area contributed by atoms with E-state index in [0.29, 0.717) is 37.8 Å². The maximum atomic E-state index is 13.3. The lowest BCUT2D eigenvalue weighted by Gasteiger charge is -2.22. The summed E-state index contributed by atoms with van der Waals surface area (Å²) >= 11 is 5.96. The number of nitro groups is 3. The van der Waals surface area contributed by atoms with E-state index >= 15 is 0 Å². The van der Waals surface area contributed by atoms with Crippen molar-refractivity contribution in [2.24, 2.45) is 11.6 Å². The van der Waals surface area contributed by atoms with Gasteiger partial charge >= 0.3 is 18.3 Å². The predicted molar refractivity (Wildman–Crippen MR) is 484 cm³/mol. The number of aromatic nitrogens is 4. The summed E-state index contributed by atoms with van der Waals surface area (Å²) in [7, 11) is 5.41. The number of amides is 6. The average molecular weight is 1770 g/mol. The zero-order valence-electron chi connectivity index (χ0n) is 70.6. The monoisotopic (exact) mass is 1770 g/mol. The van der Waals surface area contributed by atoms with Crippen molar-refractivity contribution in [3.05, 3.63) is 322 Å². The third kappa shape index (κ3) is 34.2. The number of carbonyl (C=O) groups excluding carboxylic acids is 6. The zero-order valence-corrected chi connectivity index (χ0v) is 73.9. The van der Waals surface area contributed by atoms with Crippen molar-refractivity contribution in [1.82, 2.24) is 57.3 Å². The second-order valence-corrected chi connectivity index (χ2v) is 30.7. The second kappa shape index (κ2) is 53.8. The minimum Gasteiger partial charge on any atom is -0.453 e. The Morgan fingerprint density at radius 2 is 0.589 bits per heavy atom. The molecule has 0 spiro atoms. The van der Waals surface area contributed by atoms with Crippen molar-refractivity contribution in [2.45, 2.75) is 154 Å². The minimum atomic E-state index is -0.861. The molecule has 11 rings (SSSR count). The van der Waals surface area contributed by atoms with Gasteiger partial charge in [0.05, 0.1) is 83.0 Å². The fourth-order valence-corrected chi connectivity index (χ4v) is 15.5. The van der Waals surface area contributed by atoms with Gasteiger partial charge < -0.3 is 57.6 Å². The molecular weight excluding hydrogens is 1660 g/mol. The quantitative estimate of drug-likeness (QED) is 0.00589. The lowest BCUT2D eigenvalue weighted by atomic mass is 10.0. The lowest BCUT2D eigenvalue weighted by Crippen LogP contribution is -2.49. The van der Waals surface area contributed by atoms with Crippen LogP contribution in [0.4, 0.5) is 37.1 Å². The molecule has 7 aromatic carbocycles. The van der Waals surface area contributed by atoms with Gasteiger partial charge in [0.2, 0.25) is 17.7 Å². The van der Waals surface area contributed by atoms with E-state index < -0.39 is 63.3 Å². The topological polar surface area (TPSA) is 473 Å². The molecule has 13 N–H and O–H groups in total. The number of hydrogen-bond acceptors (Lipinski definition) is 27. The van der Waals surface area contributed by atoms with Crippen molar-refractivity contribution < 1.29 is 57.7 Å². The van der Waals surface area contributed by atoms with E-state index in [1.54, 1.807) is 54.8 Å². The van der Waals surface area contributed by atoms with Crippen LogP contribution in [0.2, 0.25) is 0 Å². The summed E-state index contributed by atoms with van der Waals surface area (Å²) in [6.07, 6.45) is 4.05. The summed E-state index contributed by atoms with van der Waals surface area (Å²) in [6, 6.07) is 50.7. The number of aryl methyl sites for hydroxylation is 4. The van der Waals surface area contributed by atoms with Crippen LogP contribution in [-0.2, 0) is 99.2 Å². The predicted octanol–water partition coefficient (Wildman–Crippen LogP) is 14.6. The summed E-state index contributed by atoms with van der Waals surface area (Å²) in [4.78, 5) is 125. The Balaban J connectivity index is 0.000000255. The number of nitrogens with zero attached hydrogens (tertiary/aromatic N) is 7. The highest BCUT2D eigenvalue weighted by molar-refractivity contribution is 7.10. The number of ether oxygens (including phenoxy) is 3. The van der Waals surface area contributed by atoms with Gasteiger partial charge in [0.25, 0.3) is 17.1 Å². The number of hydrazine groups is 1. The molecule has 0 fully saturated rings. The fourth-order valence-electron chi connectivity index (χ4n) is 11.8. The first-order chi connectivity index (χ1) is 59.8. The molecule has 0 aliphatic carbocycles. The first kappa shape index (κ1) is 100.0. The standard InChI is InChI=1S/2C24H26N4O5S.C24H28N4O3S.C13H15N3O2S.C2H6.CH6N2/c2*1-3-18-15-34-23(25-18)21(14-17-9-11-19(12-10-17)28(31)32)26-22(29)20(27-24(30)33-2)13-16-7-5-4-6-8-16;1-3-19-15-32-23(26-19)21(14-17-9-11-18(25)12-10-17)27-22(29)20(28-24(30)31-2)13-16-7-5-4-6-8-16;1-2-10-8-19-13(15-10)12(14)7-9-3-5-11(6-4-9)16(17)18;1-2;1-3-2/h2*4-12,15,20-21H,3,13-14H2,1-2H3,(H,26,29)(H,27,30);4-12,15,20-21H,3,13-14,25H2,1-2H3,(H,27,29)(H,28,30);3-6,8,12H,2,7,14H2,1H3;1-2H3;3H,2H2,1H3/t3*20-,21-;12-;;/m0000../s1. The molecule has 4 aromatic heterocycles. The Bertz CT molecular complexity index is 4910. The van der Waals surface area contributed by atoms with E-state index in [9.17, 15) is 59.1 Å². The van der Waals surface area contributed by atoms with E-state index in [1.807, 2.05) is 171 Å². The molecule has 0 bridgehead atoms. The fraction of sp³-hybridized carbons (Fsp3) is 0.318. The maximum absolute atomic E-state index is 13.3. The highest BCUT2D eigenvalue weighted by Gasteiger charge is 2.31. The van der Waals surface area contributed by atoms with Gasteiger partial charge in [-0.2, -0.15) is 0 Å². The Labute approximate surface area is 736 Å². The summed E-state index contributed by atoms with van der Waals surface area (Å²) in [6.45, 7) is 12.1. The smallest absolute Gasteiger partial charge is 0.407 e. The van der Waals surface area contributed by atoms with Gasteiger partial charge in [-0.15, -0.1) is 45.3 Å². The number of nitrogens with one attached hydrogen (secondary N) is 7. The van der Waals surface area contributed by atoms with E-state index in [1.165, 1.54) is 91.7 Å². The van der Waals surface area contributed by atoms with E-state index in [2.05, 4.69) is 70.0 Å². The number of carbonyl (C=O) groups is 6. The van der Waals surface area contributed by atoms with Crippen LogP contribution in [0.5, 0.6) is 0 Å². The van der Waals surface area contributed by atoms with Gasteiger partial charge in [-0.05, 0) is 109 Å². The number of benzene rings is 7. The molecular formula is C88H107N17O15S4. The Morgan fingerprint density at radius 1 is 0.363 bits per heavy atom. The largest absolute Gasteiger partial charge is 0.453 e. The van der Waals surface area contributed by atoms with Crippen LogP contribution in [0.15, 0.2) is 210 Å². The number of hydrogen-bond donors (Lipinski definition) is 10. The van der Waals surface area contributed by atoms with Crippen molar-refractivity contribution in [3.63, 3.8) is 0 Å². The third-order valence-corrected chi connectivity index (χ3v) is 22.4. The number of thiazole rings is 4. The van der Waals surface area contributed by atoms with Crippen LogP contribution in [0.3, 0.4) is 0 Å². The SMILES string of the molecule is CC.CCc1csc([C@@H](N)Cc2ccc([N+](=O)[O-])cc2)n1.CCc1csc([C@H](Cc2ccc(N)cc2)NC(=O)[C@H](Cc2ccccc2)NC(=O)OC)n1.CCc1csc([C@H](Cc2ccc([N+](=O)[O-])cc2)NC(=O)[C@H](Cc2ccccc2)NC(=O)OC)n1.CCc1csc([C@H](Cc2ccc([N+](=O)[O-])cc2)NC(=O)[C@H](Cc2ccccc2)NC(=O)OC)n1.CNN. The molecule has 0 saturated carbocycles. The van der Waals surface area contributed by atoms with Crippen LogP contribution in [0.25, 0.3) is 0 Å². The molecule has 0 unspecified atom stereocenters. The molecule has 0 saturated heterocycles.